The first kappa shape index (κ1) is 18.1. The molecule has 0 heterocycles. The van der Waals surface area contributed by atoms with Gasteiger partial charge in [-0.15, -0.1) is 0 Å². The number of benzene rings is 2. The average Bonchev–Trinajstić information content (AvgIpc) is 2.60. The van der Waals surface area contributed by atoms with Gasteiger partial charge < -0.3 is 4.74 Å². The number of amides is 2. The molecule has 0 spiro atoms. The highest BCUT2D eigenvalue weighted by atomic mass is 19.1. The van der Waals surface area contributed by atoms with E-state index < -0.39 is 36.0 Å². The van der Waals surface area contributed by atoms with E-state index in [0.29, 0.717) is 5.56 Å². The van der Waals surface area contributed by atoms with Gasteiger partial charge in [0.1, 0.15) is 11.6 Å². The number of hydrogen-bond acceptors (Lipinski definition) is 4. The smallest absolute Gasteiger partial charge is 0.338 e. The number of ether oxygens (including phenoxy) is 1. The van der Waals surface area contributed by atoms with E-state index in [9.17, 15) is 23.2 Å². The second-order valence-electron chi connectivity index (χ2n) is 5.02. The van der Waals surface area contributed by atoms with Crippen molar-refractivity contribution in [3.8, 4) is 0 Å². The van der Waals surface area contributed by atoms with Gasteiger partial charge in [-0.25, -0.2) is 13.6 Å². The Hall–Kier alpha value is -3.29. The Balaban J connectivity index is 1.82. The van der Waals surface area contributed by atoms with E-state index in [1.807, 2.05) is 10.9 Å². The van der Waals surface area contributed by atoms with Crippen LogP contribution in [-0.2, 0) is 9.53 Å². The van der Waals surface area contributed by atoms with Gasteiger partial charge in [-0.3, -0.25) is 20.4 Å². The van der Waals surface area contributed by atoms with Crippen LogP contribution in [0.2, 0.25) is 0 Å². The Kier molecular flexibility index (Phi) is 5.78. The zero-order chi connectivity index (χ0) is 18.4. The van der Waals surface area contributed by atoms with E-state index in [1.54, 1.807) is 0 Å². The number of hydrazine groups is 1. The zero-order valence-corrected chi connectivity index (χ0v) is 13.1. The average molecular weight is 348 g/mol. The van der Waals surface area contributed by atoms with Crippen LogP contribution in [0.15, 0.2) is 42.5 Å². The lowest BCUT2D eigenvalue weighted by atomic mass is 10.1. The van der Waals surface area contributed by atoms with Crippen LogP contribution in [0.3, 0.4) is 0 Å². The van der Waals surface area contributed by atoms with Crippen molar-refractivity contribution < 1.29 is 27.9 Å². The molecule has 2 rings (SSSR count). The third kappa shape index (κ3) is 4.84. The third-order valence-electron chi connectivity index (χ3n) is 3.18. The maximum absolute atomic E-state index is 13.4. The third-order valence-corrected chi connectivity index (χ3v) is 3.18. The molecule has 0 aliphatic heterocycles. The summed E-state index contributed by atoms with van der Waals surface area (Å²) in [6.07, 6.45) is 0. The van der Waals surface area contributed by atoms with Crippen LogP contribution in [0.5, 0.6) is 0 Å². The van der Waals surface area contributed by atoms with E-state index in [0.717, 1.165) is 12.1 Å². The molecule has 0 aliphatic carbocycles. The summed E-state index contributed by atoms with van der Waals surface area (Å²) in [5.74, 6) is -3.92. The second-order valence-corrected chi connectivity index (χ2v) is 5.02. The standard InChI is InChI=1S/C17H14F2N2O4/c1-10-6-7-11(8-14(10)19)17(24)25-9-15(22)20-21-16(23)12-4-2-3-5-13(12)18/h2-8H,9H2,1H3,(H,20,22)(H,21,23). The molecule has 25 heavy (non-hydrogen) atoms. The highest BCUT2D eigenvalue weighted by molar-refractivity contribution is 5.96. The minimum absolute atomic E-state index is 0.0497. The Morgan fingerprint density at radius 3 is 2.40 bits per heavy atom. The minimum Gasteiger partial charge on any atom is -0.452 e. The number of nitrogens with one attached hydrogen (secondary N) is 2. The van der Waals surface area contributed by atoms with Crippen LogP contribution in [-0.4, -0.2) is 24.4 Å². The summed E-state index contributed by atoms with van der Waals surface area (Å²) in [6, 6.07) is 8.97. The Morgan fingerprint density at radius 1 is 1.00 bits per heavy atom. The monoisotopic (exact) mass is 348 g/mol. The number of aryl methyl sites for hydroxylation is 1. The van der Waals surface area contributed by atoms with Crippen LogP contribution < -0.4 is 10.9 Å². The van der Waals surface area contributed by atoms with Crippen molar-refractivity contribution in [2.75, 3.05) is 6.61 Å². The quantitative estimate of drug-likeness (QED) is 0.653. The van der Waals surface area contributed by atoms with E-state index in [1.165, 1.54) is 37.3 Å². The van der Waals surface area contributed by atoms with Gasteiger partial charge >= 0.3 is 5.97 Å². The van der Waals surface area contributed by atoms with Gasteiger partial charge in [0.25, 0.3) is 11.8 Å². The number of esters is 1. The molecule has 0 fully saturated rings. The predicted molar refractivity (Wildman–Crippen MR) is 83.4 cm³/mol. The lowest BCUT2D eigenvalue weighted by Gasteiger charge is -2.09. The second kappa shape index (κ2) is 8.00. The van der Waals surface area contributed by atoms with Crippen molar-refractivity contribution in [2.24, 2.45) is 0 Å². The minimum atomic E-state index is -0.894. The highest BCUT2D eigenvalue weighted by Gasteiger charge is 2.14. The fourth-order valence-corrected chi connectivity index (χ4v) is 1.81. The van der Waals surface area contributed by atoms with E-state index in [-0.39, 0.29) is 11.1 Å². The molecule has 0 aromatic heterocycles. The van der Waals surface area contributed by atoms with Gasteiger partial charge in [0.15, 0.2) is 6.61 Å². The molecule has 130 valence electrons. The molecule has 0 unspecified atom stereocenters. The molecule has 2 amide bonds. The zero-order valence-electron chi connectivity index (χ0n) is 13.1. The molecular formula is C17H14F2N2O4. The summed E-state index contributed by atoms with van der Waals surface area (Å²) < 4.78 is 31.5. The summed E-state index contributed by atoms with van der Waals surface area (Å²) >= 11 is 0. The predicted octanol–water partition coefficient (Wildman–Crippen LogP) is 1.89. The number of carbonyl (C=O) groups excluding carboxylic acids is 3. The summed E-state index contributed by atoms with van der Waals surface area (Å²) in [5, 5.41) is 0. The maximum Gasteiger partial charge on any atom is 0.338 e. The molecule has 0 aliphatic rings. The van der Waals surface area contributed by atoms with Gasteiger partial charge in [0.05, 0.1) is 11.1 Å². The topological polar surface area (TPSA) is 84.5 Å². The van der Waals surface area contributed by atoms with Crippen molar-refractivity contribution in [1.29, 1.82) is 0 Å². The van der Waals surface area contributed by atoms with Crippen molar-refractivity contribution in [3.05, 3.63) is 70.8 Å². The largest absolute Gasteiger partial charge is 0.452 e. The van der Waals surface area contributed by atoms with Gasteiger partial charge in [0, 0.05) is 0 Å². The SMILES string of the molecule is Cc1ccc(C(=O)OCC(=O)NNC(=O)c2ccccc2F)cc1F. The molecule has 0 saturated carbocycles. The van der Waals surface area contributed by atoms with E-state index in [2.05, 4.69) is 0 Å². The summed E-state index contributed by atoms with van der Waals surface area (Å²) in [5.41, 5.74) is 4.03. The molecule has 2 aromatic rings. The molecule has 2 N–H and O–H groups in total. The Bertz CT molecular complexity index is 824. The lowest BCUT2D eigenvalue weighted by Crippen LogP contribution is -2.43. The number of rotatable bonds is 4. The van der Waals surface area contributed by atoms with Crippen molar-refractivity contribution in [1.82, 2.24) is 10.9 Å². The fraction of sp³-hybridized carbons (Fsp3) is 0.118. The van der Waals surface area contributed by atoms with E-state index >= 15 is 0 Å². The Morgan fingerprint density at radius 2 is 1.72 bits per heavy atom. The van der Waals surface area contributed by atoms with Gasteiger partial charge in [-0.2, -0.15) is 0 Å². The number of hydrogen-bond donors (Lipinski definition) is 2. The van der Waals surface area contributed by atoms with Crippen molar-refractivity contribution in [2.45, 2.75) is 6.92 Å². The Labute approximate surface area is 141 Å². The van der Waals surface area contributed by atoms with Gasteiger partial charge in [-0.1, -0.05) is 18.2 Å². The van der Waals surface area contributed by atoms with E-state index in [4.69, 9.17) is 4.74 Å². The van der Waals surface area contributed by atoms with Crippen molar-refractivity contribution >= 4 is 17.8 Å². The molecule has 0 atom stereocenters. The summed E-state index contributed by atoms with van der Waals surface area (Å²) in [6.45, 7) is 0.835. The van der Waals surface area contributed by atoms with Crippen LogP contribution >= 0.6 is 0 Å². The molecule has 6 nitrogen and oxygen atoms in total. The van der Waals surface area contributed by atoms with Crippen LogP contribution in [0.1, 0.15) is 26.3 Å². The maximum atomic E-state index is 13.4. The van der Waals surface area contributed by atoms with Crippen molar-refractivity contribution in [3.63, 3.8) is 0 Å². The first-order valence-corrected chi connectivity index (χ1v) is 7.15. The van der Waals surface area contributed by atoms with Gasteiger partial charge in [0.2, 0.25) is 0 Å². The van der Waals surface area contributed by atoms with Gasteiger partial charge in [-0.05, 0) is 36.8 Å². The fourth-order valence-electron chi connectivity index (χ4n) is 1.81. The lowest BCUT2D eigenvalue weighted by molar-refractivity contribution is -0.125. The first-order valence-electron chi connectivity index (χ1n) is 7.15. The summed E-state index contributed by atoms with van der Waals surface area (Å²) in [4.78, 5) is 34.9. The highest BCUT2D eigenvalue weighted by Crippen LogP contribution is 2.10. The molecule has 0 bridgehead atoms. The molecular weight excluding hydrogens is 334 g/mol. The van der Waals surface area contributed by atoms with Crippen LogP contribution in [0.25, 0.3) is 0 Å². The number of carbonyl (C=O) groups is 3. The summed E-state index contributed by atoms with van der Waals surface area (Å²) in [7, 11) is 0. The molecule has 0 saturated heterocycles. The van der Waals surface area contributed by atoms with Crippen LogP contribution in [0, 0.1) is 18.6 Å². The first-order chi connectivity index (χ1) is 11.9. The molecule has 8 heteroatoms. The molecule has 0 radical (unpaired) electrons. The molecule has 2 aromatic carbocycles. The normalized spacial score (nSPS) is 10.0. The number of halogens is 2. The van der Waals surface area contributed by atoms with Crippen LogP contribution in [0.4, 0.5) is 8.78 Å².